The van der Waals surface area contributed by atoms with Gasteiger partial charge >= 0.3 is 6.03 Å². The number of thioether (sulfide) groups is 1. The maximum absolute atomic E-state index is 11.1. The highest BCUT2D eigenvalue weighted by Gasteiger charge is 2.03. The van der Waals surface area contributed by atoms with Gasteiger partial charge in [0.05, 0.1) is 11.2 Å². The normalized spacial score (nSPS) is 10.2. The van der Waals surface area contributed by atoms with Crippen LogP contribution in [0.4, 0.5) is 4.79 Å². The second-order valence-corrected chi connectivity index (χ2v) is 5.81. The Balaban J connectivity index is 2.09. The van der Waals surface area contributed by atoms with Crippen LogP contribution in [0.2, 0.25) is 0 Å². The van der Waals surface area contributed by atoms with Gasteiger partial charge in [-0.1, -0.05) is 12.8 Å². The lowest BCUT2D eigenvalue weighted by Crippen LogP contribution is -2.32. The van der Waals surface area contributed by atoms with Gasteiger partial charge in [-0.15, -0.1) is 11.3 Å². The average Bonchev–Trinajstić information content (AvgIpc) is 2.63. The predicted molar refractivity (Wildman–Crippen MR) is 73.2 cm³/mol. The highest BCUT2D eigenvalue weighted by atomic mass is 32.2. The minimum atomic E-state index is -0.169. The summed E-state index contributed by atoms with van der Waals surface area (Å²) in [6, 6.07) is -0.169. The molecule has 0 aliphatic rings. The van der Waals surface area contributed by atoms with Crippen LogP contribution < -0.4 is 5.32 Å². The number of aromatic nitrogens is 1. The van der Waals surface area contributed by atoms with Crippen molar-refractivity contribution in [2.24, 2.45) is 0 Å². The van der Waals surface area contributed by atoms with Gasteiger partial charge in [0, 0.05) is 30.0 Å². The summed E-state index contributed by atoms with van der Waals surface area (Å²) in [5, 5.41) is 2.75. The molecule has 0 spiro atoms. The van der Waals surface area contributed by atoms with Crippen molar-refractivity contribution in [3.8, 4) is 0 Å². The molecule has 1 N–H and O–H groups in total. The van der Waals surface area contributed by atoms with E-state index in [1.54, 1.807) is 30.1 Å². The SMILES string of the molecule is Cc1ncsc1CSCCNC(=O)N(C)S. The molecule has 16 heavy (non-hydrogen) atoms. The van der Waals surface area contributed by atoms with Crippen molar-refractivity contribution in [2.75, 3.05) is 19.3 Å². The fourth-order valence-corrected chi connectivity index (χ4v) is 2.91. The lowest BCUT2D eigenvalue weighted by Gasteiger charge is -2.10. The van der Waals surface area contributed by atoms with E-state index in [0.717, 1.165) is 17.2 Å². The maximum atomic E-state index is 11.1. The van der Waals surface area contributed by atoms with Crippen LogP contribution in [-0.2, 0) is 5.75 Å². The van der Waals surface area contributed by atoms with Gasteiger partial charge in [-0.2, -0.15) is 11.8 Å². The zero-order valence-corrected chi connectivity index (χ0v) is 11.8. The van der Waals surface area contributed by atoms with Gasteiger partial charge in [0.25, 0.3) is 0 Å². The molecule has 90 valence electrons. The summed E-state index contributed by atoms with van der Waals surface area (Å²) < 4.78 is 1.23. The Kier molecular flexibility index (Phi) is 6.00. The van der Waals surface area contributed by atoms with E-state index in [-0.39, 0.29) is 6.03 Å². The molecule has 1 rings (SSSR count). The third kappa shape index (κ3) is 4.63. The van der Waals surface area contributed by atoms with Gasteiger partial charge in [0.15, 0.2) is 0 Å². The van der Waals surface area contributed by atoms with Crippen LogP contribution in [0.1, 0.15) is 10.6 Å². The highest BCUT2D eigenvalue weighted by Crippen LogP contribution is 2.18. The molecule has 4 nitrogen and oxygen atoms in total. The smallest absolute Gasteiger partial charge is 0.326 e. The fourth-order valence-electron chi connectivity index (χ4n) is 0.974. The highest BCUT2D eigenvalue weighted by molar-refractivity contribution is 7.98. The number of carbonyl (C=O) groups is 1. The van der Waals surface area contributed by atoms with Crippen molar-refractivity contribution in [2.45, 2.75) is 12.7 Å². The molecule has 0 aromatic carbocycles. The van der Waals surface area contributed by atoms with Crippen molar-refractivity contribution in [1.29, 1.82) is 0 Å². The molecule has 0 atom stereocenters. The third-order valence-corrected chi connectivity index (χ3v) is 4.18. The molecular formula is C9H15N3OS3. The summed E-state index contributed by atoms with van der Waals surface area (Å²) in [7, 11) is 1.60. The number of aryl methyl sites for hydroxylation is 1. The largest absolute Gasteiger partial charge is 0.336 e. The minimum Gasteiger partial charge on any atom is -0.336 e. The van der Waals surface area contributed by atoms with Gasteiger partial charge in [-0.05, 0) is 6.92 Å². The molecule has 1 heterocycles. The summed E-state index contributed by atoms with van der Waals surface area (Å²) >= 11 is 7.36. The van der Waals surface area contributed by atoms with Crippen LogP contribution in [-0.4, -0.2) is 34.7 Å². The topological polar surface area (TPSA) is 45.2 Å². The third-order valence-electron chi connectivity index (χ3n) is 1.89. The summed E-state index contributed by atoms with van der Waals surface area (Å²) in [6.45, 7) is 2.68. The van der Waals surface area contributed by atoms with Crippen LogP contribution in [0.15, 0.2) is 5.51 Å². The minimum absolute atomic E-state index is 0.169. The zero-order chi connectivity index (χ0) is 12.0. The van der Waals surface area contributed by atoms with Crippen molar-refractivity contribution in [1.82, 2.24) is 14.6 Å². The predicted octanol–water partition coefficient (Wildman–Crippen LogP) is 2.17. The van der Waals surface area contributed by atoms with E-state index in [2.05, 4.69) is 23.1 Å². The van der Waals surface area contributed by atoms with Crippen molar-refractivity contribution in [3.05, 3.63) is 16.1 Å². The summed E-state index contributed by atoms with van der Waals surface area (Å²) in [6.07, 6.45) is 0. The Morgan fingerprint density at radius 1 is 1.75 bits per heavy atom. The first kappa shape index (κ1) is 13.7. The summed E-state index contributed by atoms with van der Waals surface area (Å²) in [5.74, 6) is 1.85. The van der Waals surface area contributed by atoms with Crippen LogP contribution in [0.3, 0.4) is 0 Å². The first-order valence-electron chi connectivity index (χ1n) is 4.78. The Morgan fingerprint density at radius 3 is 3.06 bits per heavy atom. The summed E-state index contributed by atoms with van der Waals surface area (Å²) in [4.78, 5) is 16.6. The molecule has 0 aliphatic heterocycles. The number of amides is 2. The van der Waals surface area contributed by atoms with E-state index in [1.807, 2.05) is 12.4 Å². The number of nitrogens with one attached hydrogen (secondary N) is 1. The first-order valence-corrected chi connectivity index (χ1v) is 7.22. The van der Waals surface area contributed by atoms with Gasteiger partial charge in [0.1, 0.15) is 0 Å². The lowest BCUT2D eigenvalue weighted by atomic mass is 10.4. The number of rotatable bonds is 5. The molecule has 0 radical (unpaired) electrons. The first-order chi connectivity index (χ1) is 7.61. The molecule has 2 amide bonds. The Labute approximate surface area is 109 Å². The van der Waals surface area contributed by atoms with Crippen molar-refractivity contribution >= 4 is 41.9 Å². The number of thiazole rings is 1. The molecule has 0 aliphatic carbocycles. The van der Waals surface area contributed by atoms with Gasteiger partial charge in [0.2, 0.25) is 0 Å². The van der Waals surface area contributed by atoms with E-state index in [4.69, 9.17) is 0 Å². The molecular weight excluding hydrogens is 262 g/mol. The number of hydrogen-bond acceptors (Lipinski definition) is 5. The van der Waals surface area contributed by atoms with Gasteiger partial charge in [-0.3, -0.25) is 4.31 Å². The van der Waals surface area contributed by atoms with Crippen LogP contribution in [0.25, 0.3) is 0 Å². The maximum Gasteiger partial charge on any atom is 0.326 e. The van der Waals surface area contributed by atoms with Crippen molar-refractivity contribution in [3.63, 3.8) is 0 Å². The Bertz CT molecular complexity index is 340. The number of urea groups is 1. The molecule has 0 unspecified atom stereocenters. The quantitative estimate of drug-likeness (QED) is 0.640. The zero-order valence-electron chi connectivity index (χ0n) is 9.27. The van der Waals surface area contributed by atoms with Crippen molar-refractivity contribution < 1.29 is 4.79 Å². The van der Waals surface area contributed by atoms with Crippen LogP contribution >= 0.6 is 35.9 Å². The van der Waals surface area contributed by atoms with Crippen LogP contribution in [0, 0.1) is 6.92 Å². The average molecular weight is 277 g/mol. The lowest BCUT2D eigenvalue weighted by molar-refractivity contribution is 0.231. The molecule has 0 saturated heterocycles. The molecule has 0 saturated carbocycles. The molecule has 0 fully saturated rings. The second-order valence-electron chi connectivity index (χ2n) is 3.17. The molecule has 0 bridgehead atoms. The number of thiol groups is 1. The number of hydrogen-bond donors (Lipinski definition) is 2. The van der Waals surface area contributed by atoms with E-state index >= 15 is 0 Å². The van der Waals surface area contributed by atoms with Gasteiger partial charge < -0.3 is 5.32 Å². The van der Waals surface area contributed by atoms with E-state index in [0.29, 0.717) is 6.54 Å². The summed E-state index contributed by atoms with van der Waals surface area (Å²) in [5.41, 5.74) is 2.97. The van der Waals surface area contributed by atoms with E-state index in [1.165, 1.54) is 9.18 Å². The fraction of sp³-hybridized carbons (Fsp3) is 0.556. The van der Waals surface area contributed by atoms with Gasteiger partial charge in [-0.25, -0.2) is 9.78 Å². The monoisotopic (exact) mass is 277 g/mol. The number of nitrogens with zero attached hydrogens (tertiary/aromatic N) is 2. The van der Waals surface area contributed by atoms with E-state index < -0.39 is 0 Å². The molecule has 1 aromatic heterocycles. The standard InChI is InChI=1S/C9H15N3OS3/c1-7-8(16-6-11-7)5-15-4-3-10-9(13)12(2)14/h6,14H,3-5H2,1-2H3,(H,10,13). The molecule has 1 aromatic rings. The second kappa shape index (κ2) is 7.03. The van der Waals surface area contributed by atoms with E-state index in [9.17, 15) is 4.79 Å². The van der Waals surface area contributed by atoms with Crippen LogP contribution in [0.5, 0.6) is 0 Å². The Hall–Kier alpha value is -0.400. The number of carbonyl (C=O) groups excluding carboxylic acids is 1. The molecule has 7 heteroatoms. The Morgan fingerprint density at radius 2 is 2.50 bits per heavy atom.